The van der Waals surface area contributed by atoms with Crippen molar-refractivity contribution >= 4 is 11.4 Å². The first-order chi connectivity index (χ1) is 10.4. The zero-order valence-corrected chi connectivity index (χ0v) is 13.0. The van der Waals surface area contributed by atoms with E-state index in [0.29, 0.717) is 0 Å². The van der Waals surface area contributed by atoms with E-state index < -0.39 is 0 Å². The molecule has 0 unspecified atom stereocenters. The van der Waals surface area contributed by atoms with E-state index in [1.54, 1.807) is 0 Å². The largest absolute Gasteiger partial charge is 0.340 e. The minimum Gasteiger partial charge on any atom is -0.340 e. The summed E-state index contributed by atoms with van der Waals surface area (Å²) in [4.78, 5) is 6.72. The van der Waals surface area contributed by atoms with Gasteiger partial charge in [0.1, 0.15) is 0 Å². The lowest BCUT2D eigenvalue weighted by molar-refractivity contribution is 0.720. The predicted octanol–water partition coefficient (Wildman–Crippen LogP) is 4.13. The molecule has 0 saturated heterocycles. The molecule has 0 atom stereocenters. The van der Waals surface area contributed by atoms with Gasteiger partial charge in [-0.25, -0.2) is 0 Å². The first kappa shape index (κ1) is 15.5. The molecule has 0 amide bonds. The number of aromatic nitrogens is 1. The Labute approximate surface area is 128 Å². The maximum Gasteiger partial charge on any atom is 0.0642 e. The van der Waals surface area contributed by atoms with Gasteiger partial charge in [-0.3, -0.25) is 4.98 Å². The SMILES string of the molecule is CCCCN(c1ccccc1)c1cnccc1CNCC. The first-order valence-corrected chi connectivity index (χ1v) is 7.83. The maximum atomic E-state index is 4.34. The van der Waals surface area contributed by atoms with Crippen LogP contribution in [0.1, 0.15) is 32.3 Å². The Kier molecular flexibility index (Phi) is 6.22. The minimum absolute atomic E-state index is 0.879. The highest BCUT2D eigenvalue weighted by Gasteiger charge is 2.12. The van der Waals surface area contributed by atoms with Gasteiger partial charge in [-0.1, -0.05) is 38.5 Å². The number of pyridine rings is 1. The topological polar surface area (TPSA) is 28.2 Å². The molecule has 0 aliphatic heterocycles. The third kappa shape index (κ3) is 4.30. The zero-order chi connectivity index (χ0) is 14.9. The lowest BCUT2D eigenvalue weighted by Gasteiger charge is -2.27. The van der Waals surface area contributed by atoms with Gasteiger partial charge in [0.05, 0.1) is 11.9 Å². The van der Waals surface area contributed by atoms with E-state index >= 15 is 0 Å². The molecular formula is C18H25N3. The average Bonchev–Trinajstić information content (AvgIpc) is 2.55. The van der Waals surface area contributed by atoms with Crippen LogP contribution < -0.4 is 10.2 Å². The van der Waals surface area contributed by atoms with Crippen molar-refractivity contribution in [2.45, 2.75) is 33.2 Å². The van der Waals surface area contributed by atoms with Crippen LogP contribution in [-0.4, -0.2) is 18.1 Å². The van der Waals surface area contributed by atoms with Gasteiger partial charge in [-0.15, -0.1) is 0 Å². The van der Waals surface area contributed by atoms with Crippen LogP contribution in [0, 0.1) is 0 Å². The third-order valence-electron chi connectivity index (χ3n) is 3.55. The second kappa shape index (κ2) is 8.42. The molecule has 0 aliphatic carbocycles. The summed E-state index contributed by atoms with van der Waals surface area (Å²) in [6.07, 6.45) is 6.21. The van der Waals surface area contributed by atoms with Crippen LogP contribution in [0.5, 0.6) is 0 Å². The quantitative estimate of drug-likeness (QED) is 0.789. The fourth-order valence-electron chi connectivity index (χ4n) is 2.38. The number of nitrogens with zero attached hydrogens (tertiary/aromatic N) is 2. The number of benzene rings is 1. The molecule has 1 aromatic heterocycles. The number of rotatable bonds is 8. The van der Waals surface area contributed by atoms with Gasteiger partial charge in [0.25, 0.3) is 0 Å². The first-order valence-electron chi connectivity index (χ1n) is 7.83. The Morgan fingerprint density at radius 1 is 1.10 bits per heavy atom. The molecule has 0 fully saturated rings. The van der Waals surface area contributed by atoms with Crippen molar-refractivity contribution in [3.63, 3.8) is 0 Å². The van der Waals surface area contributed by atoms with Gasteiger partial charge in [0.15, 0.2) is 0 Å². The normalized spacial score (nSPS) is 10.6. The summed E-state index contributed by atoms with van der Waals surface area (Å²) in [6.45, 7) is 7.23. The highest BCUT2D eigenvalue weighted by Crippen LogP contribution is 2.28. The summed E-state index contributed by atoms with van der Waals surface area (Å²) in [5, 5.41) is 3.41. The summed E-state index contributed by atoms with van der Waals surface area (Å²) in [7, 11) is 0. The van der Waals surface area contributed by atoms with Crippen molar-refractivity contribution in [2.24, 2.45) is 0 Å². The van der Waals surface area contributed by atoms with Gasteiger partial charge >= 0.3 is 0 Å². The Hall–Kier alpha value is -1.87. The van der Waals surface area contributed by atoms with Crippen molar-refractivity contribution in [1.29, 1.82) is 0 Å². The third-order valence-corrected chi connectivity index (χ3v) is 3.55. The number of hydrogen-bond acceptors (Lipinski definition) is 3. The van der Waals surface area contributed by atoms with Crippen molar-refractivity contribution in [1.82, 2.24) is 10.3 Å². The number of hydrogen-bond donors (Lipinski definition) is 1. The fourth-order valence-corrected chi connectivity index (χ4v) is 2.38. The lowest BCUT2D eigenvalue weighted by Crippen LogP contribution is -2.22. The molecule has 21 heavy (non-hydrogen) atoms. The minimum atomic E-state index is 0.879. The Morgan fingerprint density at radius 3 is 2.62 bits per heavy atom. The molecule has 1 heterocycles. The van der Waals surface area contributed by atoms with Gasteiger partial charge in [0, 0.05) is 25.0 Å². The van der Waals surface area contributed by atoms with Gasteiger partial charge in [-0.2, -0.15) is 0 Å². The van der Waals surface area contributed by atoms with E-state index in [1.165, 1.54) is 29.8 Å². The molecule has 3 heteroatoms. The zero-order valence-electron chi connectivity index (χ0n) is 13.0. The number of anilines is 2. The molecule has 0 aliphatic rings. The Balaban J connectivity index is 2.32. The summed E-state index contributed by atoms with van der Waals surface area (Å²) < 4.78 is 0. The molecule has 0 radical (unpaired) electrons. The van der Waals surface area contributed by atoms with E-state index in [4.69, 9.17) is 0 Å². The average molecular weight is 283 g/mol. The van der Waals surface area contributed by atoms with E-state index in [1.807, 2.05) is 12.4 Å². The van der Waals surface area contributed by atoms with Crippen molar-refractivity contribution < 1.29 is 0 Å². The standard InChI is InChI=1S/C18H25N3/c1-3-5-13-21(17-9-7-6-8-10-17)18-15-20-12-11-16(18)14-19-4-2/h6-12,15,19H,3-5,13-14H2,1-2H3. The molecule has 1 N–H and O–H groups in total. The van der Waals surface area contributed by atoms with E-state index in [0.717, 1.165) is 19.6 Å². The monoisotopic (exact) mass is 283 g/mol. The van der Waals surface area contributed by atoms with E-state index in [-0.39, 0.29) is 0 Å². The molecule has 0 saturated carbocycles. The summed E-state index contributed by atoms with van der Waals surface area (Å²) in [6, 6.07) is 12.7. The second-order valence-corrected chi connectivity index (χ2v) is 5.13. The molecule has 2 aromatic rings. The Bertz CT molecular complexity index is 525. The molecule has 2 rings (SSSR count). The van der Waals surface area contributed by atoms with Crippen LogP contribution in [-0.2, 0) is 6.54 Å². The summed E-state index contributed by atoms with van der Waals surface area (Å²) in [5.74, 6) is 0. The smallest absolute Gasteiger partial charge is 0.0642 e. The van der Waals surface area contributed by atoms with Crippen LogP contribution in [0.15, 0.2) is 48.8 Å². The number of para-hydroxylation sites is 1. The van der Waals surface area contributed by atoms with Crippen LogP contribution in [0.3, 0.4) is 0 Å². The van der Waals surface area contributed by atoms with Crippen LogP contribution >= 0.6 is 0 Å². The van der Waals surface area contributed by atoms with Crippen LogP contribution in [0.25, 0.3) is 0 Å². The highest BCUT2D eigenvalue weighted by molar-refractivity contribution is 5.65. The van der Waals surface area contributed by atoms with Gasteiger partial charge < -0.3 is 10.2 Å². The summed E-state index contributed by atoms with van der Waals surface area (Å²) >= 11 is 0. The summed E-state index contributed by atoms with van der Waals surface area (Å²) in [5.41, 5.74) is 3.74. The molecular weight excluding hydrogens is 258 g/mol. The molecule has 0 bridgehead atoms. The molecule has 3 nitrogen and oxygen atoms in total. The lowest BCUT2D eigenvalue weighted by atomic mass is 10.1. The molecule has 112 valence electrons. The van der Waals surface area contributed by atoms with Gasteiger partial charge in [0.2, 0.25) is 0 Å². The van der Waals surface area contributed by atoms with E-state index in [2.05, 4.69) is 65.4 Å². The van der Waals surface area contributed by atoms with Crippen molar-refractivity contribution in [3.8, 4) is 0 Å². The van der Waals surface area contributed by atoms with Crippen LogP contribution in [0.2, 0.25) is 0 Å². The maximum absolute atomic E-state index is 4.34. The van der Waals surface area contributed by atoms with Crippen molar-refractivity contribution in [3.05, 3.63) is 54.4 Å². The predicted molar refractivity (Wildman–Crippen MR) is 90.0 cm³/mol. The second-order valence-electron chi connectivity index (χ2n) is 5.13. The van der Waals surface area contributed by atoms with Crippen LogP contribution in [0.4, 0.5) is 11.4 Å². The number of nitrogens with one attached hydrogen (secondary N) is 1. The highest BCUT2D eigenvalue weighted by atomic mass is 15.1. The van der Waals surface area contributed by atoms with Gasteiger partial charge in [-0.05, 0) is 36.7 Å². The molecule has 0 spiro atoms. The van der Waals surface area contributed by atoms with Crippen molar-refractivity contribution in [2.75, 3.05) is 18.0 Å². The Morgan fingerprint density at radius 2 is 1.90 bits per heavy atom. The van der Waals surface area contributed by atoms with E-state index in [9.17, 15) is 0 Å². The molecule has 1 aromatic carbocycles. The fraction of sp³-hybridized carbons (Fsp3) is 0.389. The number of unbranched alkanes of at least 4 members (excludes halogenated alkanes) is 1.